The number of aromatic nitrogens is 3. The number of amides is 1. The van der Waals surface area contributed by atoms with Gasteiger partial charge >= 0.3 is 5.97 Å². The van der Waals surface area contributed by atoms with Gasteiger partial charge in [0.25, 0.3) is 5.91 Å². The molecular formula is C15H14N4O3S. The summed E-state index contributed by atoms with van der Waals surface area (Å²) in [5.41, 5.74) is 1.85. The number of carbonyl (C=O) groups excluding carboxylic acids is 1. The molecule has 0 aliphatic rings. The Bertz CT molecular complexity index is 899. The third kappa shape index (κ3) is 2.80. The Balaban J connectivity index is 1.84. The molecule has 2 N–H and O–H groups in total. The molecule has 0 fully saturated rings. The molecule has 0 saturated heterocycles. The number of carboxylic acid groups (broad SMARTS) is 1. The first-order valence-corrected chi connectivity index (χ1v) is 7.73. The number of para-hydroxylation sites is 1. The molecule has 0 aliphatic heterocycles. The van der Waals surface area contributed by atoms with Gasteiger partial charge < -0.3 is 10.4 Å². The van der Waals surface area contributed by atoms with Crippen molar-refractivity contribution in [2.45, 2.75) is 19.9 Å². The maximum absolute atomic E-state index is 12.3. The summed E-state index contributed by atoms with van der Waals surface area (Å²) in [5.74, 6) is -1.49. The van der Waals surface area contributed by atoms with Crippen LogP contribution in [0, 0.1) is 6.92 Å². The fraction of sp³-hybridized carbons (Fsp3) is 0.200. The maximum atomic E-state index is 12.3. The van der Waals surface area contributed by atoms with Gasteiger partial charge in [-0.05, 0) is 31.5 Å². The number of anilines is 1. The standard InChI is InChI=1S/C15H14N4O3S/c1-8-4-3-5-11-12(8)17-15(23-11)18-13(20)9(2)19-10(14(21)22)6-7-16-19/h3-7,9H,1-2H3,(H,21,22)(H,17,18,20). The van der Waals surface area contributed by atoms with Crippen molar-refractivity contribution < 1.29 is 14.7 Å². The number of benzene rings is 1. The van der Waals surface area contributed by atoms with E-state index < -0.39 is 12.0 Å². The number of hydrogen-bond acceptors (Lipinski definition) is 5. The third-order valence-electron chi connectivity index (χ3n) is 3.49. The summed E-state index contributed by atoms with van der Waals surface area (Å²) < 4.78 is 2.16. The van der Waals surface area contributed by atoms with E-state index in [4.69, 9.17) is 5.11 Å². The lowest BCUT2D eigenvalue weighted by Gasteiger charge is -2.12. The molecule has 1 unspecified atom stereocenters. The number of nitrogens with one attached hydrogen (secondary N) is 1. The summed E-state index contributed by atoms with van der Waals surface area (Å²) in [6.45, 7) is 3.55. The number of aromatic carboxylic acids is 1. The number of carbonyl (C=O) groups is 2. The fourth-order valence-corrected chi connectivity index (χ4v) is 3.20. The van der Waals surface area contributed by atoms with E-state index in [1.807, 2.05) is 25.1 Å². The number of hydrogen-bond donors (Lipinski definition) is 2. The topological polar surface area (TPSA) is 97.1 Å². The van der Waals surface area contributed by atoms with E-state index in [9.17, 15) is 9.59 Å². The van der Waals surface area contributed by atoms with Crippen LogP contribution < -0.4 is 5.32 Å². The molecule has 1 atom stereocenters. The van der Waals surface area contributed by atoms with Gasteiger partial charge in [-0.2, -0.15) is 5.10 Å². The van der Waals surface area contributed by atoms with Crippen LogP contribution in [0.2, 0.25) is 0 Å². The van der Waals surface area contributed by atoms with E-state index in [2.05, 4.69) is 15.4 Å². The van der Waals surface area contributed by atoms with Gasteiger partial charge in [-0.25, -0.2) is 14.5 Å². The second-order valence-corrected chi connectivity index (χ2v) is 6.10. The third-order valence-corrected chi connectivity index (χ3v) is 4.42. The molecule has 0 saturated carbocycles. The van der Waals surface area contributed by atoms with Crippen molar-refractivity contribution in [3.05, 3.63) is 41.7 Å². The second kappa shape index (κ2) is 5.81. The SMILES string of the molecule is Cc1cccc2sc(NC(=O)C(C)n3nccc3C(=O)O)nc12. The highest BCUT2D eigenvalue weighted by Gasteiger charge is 2.22. The molecular weight excluding hydrogens is 316 g/mol. The van der Waals surface area contributed by atoms with Crippen molar-refractivity contribution in [1.29, 1.82) is 0 Å². The highest BCUT2D eigenvalue weighted by molar-refractivity contribution is 7.22. The van der Waals surface area contributed by atoms with Crippen LogP contribution in [0.15, 0.2) is 30.5 Å². The van der Waals surface area contributed by atoms with E-state index in [0.29, 0.717) is 5.13 Å². The van der Waals surface area contributed by atoms with Gasteiger partial charge in [-0.15, -0.1) is 0 Å². The molecule has 0 aliphatic carbocycles. The molecule has 0 bridgehead atoms. The van der Waals surface area contributed by atoms with E-state index in [-0.39, 0.29) is 11.6 Å². The Labute approximate surface area is 135 Å². The summed E-state index contributed by atoms with van der Waals surface area (Å²) in [7, 11) is 0. The number of nitrogens with zero attached hydrogens (tertiary/aromatic N) is 3. The Kier molecular flexibility index (Phi) is 3.83. The van der Waals surface area contributed by atoms with Crippen molar-refractivity contribution in [2.75, 3.05) is 5.32 Å². The molecule has 23 heavy (non-hydrogen) atoms. The van der Waals surface area contributed by atoms with Crippen LogP contribution in [0.25, 0.3) is 10.2 Å². The van der Waals surface area contributed by atoms with Crippen LogP contribution in [0.3, 0.4) is 0 Å². The fourth-order valence-electron chi connectivity index (χ4n) is 2.25. The lowest BCUT2D eigenvalue weighted by molar-refractivity contribution is -0.119. The monoisotopic (exact) mass is 330 g/mol. The van der Waals surface area contributed by atoms with Crippen molar-refractivity contribution >= 4 is 38.6 Å². The van der Waals surface area contributed by atoms with E-state index in [0.717, 1.165) is 15.8 Å². The van der Waals surface area contributed by atoms with Crippen molar-refractivity contribution in [1.82, 2.24) is 14.8 Å². The van der Waals surface area contributed by atoms with Gasteiger partial charge in [0.15, 0.2) is 5.13 Å². The largest absolute Gasteiger partial charge is 0.477 e. The number of carboxylic acids is 1. The first kappa shape index (κ1) is 15.2. The molecule has 8 heteroatoms. The maximum Gasteiger partial charge on any atom is 0.354 e. The summed E-state index contributed by atoms with van der Waals surface area (Å²) >= 11 is 1.38. The highest BCUT2D eigenvalue weighted by Crippen LogP contribution is 2.28. The van der Waals surface area contributed by atoms with Crippen molar-refractivity contribution in [3.63, 3.8) is 0 Å². The molecule has 3 aromatic rings. The molecule has 2 aromatic heterocycles. The van der Waals surface area contributed by atoms with E-state index in [1.54, 1.807) is 6.92 Å². The Morgan fingerprint density at radius 2 is 2.13 bits per heavy atom. The quantitative estimate of drug-likeness (QED) is 0.766. The van der Waals surface area contributed by atoms with E-state index in [1.165, 1.54) is 28.3 Å². The van der Waals surface area contributed by atoms with Crippen LogP contribution in [-0.4, -0.2) is 31.7 Å². The highest BCUT2D eigenvalue weighted by atomic mass is 32.1. The molecule has 118 valence electrons. The van der Waals surface area contributed by atoms with Gasteiger partial charge in [0.05, 0.1) is 10.2 Å². The zero-order chi connectivity index (χ0) is 16.6. The minimum atomic E-state index is -1.13. The van der Waals surface area contributed by atoms with Gasteiger partial charge in [0.2, 0.25) is 0 Å². The van der Waals surface area contributed by atoms with Gasteiger partial charge in [0, 0.05) is 6.20 Å². The predicted molar refractivity (Wildman–Crippen MR) is 86.9 cm³/mol. The number of rotatable bonds is 4. The number of thiazole rings is 1. The zero-order valence-electron chi connectivity index (χ0n) is 12.5. The summed E-state index contributed by atoms with van der Waals surface area (Å²) in [4.78, 5) is 27.9. The minimum absolute atomic E-state index is 0.0344. The molecule has 1 aromatic carbocycles. The Morgan fingerprint density at radius 1 is 1.35 bits per heavy atom. The summed E-state index contributed by atoms with van der Waals surface area (Å²) in [5, 5.41) is 16.2. The smallest absolute Gasteiger partial charge is 0.354 e. The Hall–Kier alpha value is -2.74. The predicted octanol–water partition coefficient (Wildman–Crippen LogP) is 2.70. The van der Waals surface area contributed by atoms with Crippen LogP contribution in [0.1, 0.15) is 29.0 Å². The molecule has 0 radical (unpaired) electrons. The lowest BCUT2D eigenvalue weighted by atomic mass is 10.2. The minimum Gasteiger partial charge on any atom is -0.477 e. The first-order valence-electron chi connectivity index (χ1n) is 6.91. The molecule has 7 nitrogen and oxygen atoms in total. The molecule has 2 heterocycles. The second-order valence-electron chi connectivity index (χ2n) is 5.07. The van der Waals surface area contributed by atoms with Gasteiger partial charge in [0.1, 0.15) is 11.7 Å². The van der Waals surface area contributed by atoms with Crippen LogP contribution in [0.4, 0.5) is 5.13 Å². The Morgan fingerprint density at radius 3 is 2.83 bits per heavy atom. The average molecular weight is 330 g/mol. The van der Waals surface area contributed by atoms with Crippen molar-refractivity contribution in [3.8, 4) is 0 Å². The molecule has 1 amide bonds. The lowest BCUT2D eigenvalue weighted by Crippen LogP contribution is -2.26. The summed E-state index contributed by atoms with van der Waals surface area (Å²) in [6.07, 6.45) is 1.36. The van der Waals surface area contributed by atoms with Gasteiger partial charge in [-0.3, -0.25) is 4.79 Å². The van der Waals surface area contributed by atoms with Crippen LogP contribution in [0.5, 0.6) is 0 Å². The molecule has 0 spiro atoms. The van der Waals surface area contributed by atoms with E-state index >= 15 is 0 Å². The van der Waals surface area contributed by atoms with Crippen molar-refractivity contribution in [2.24, 2.45) is 0 Å². The van der Waals surface area contributed by atoms with Crippen LogP contribution >= 0.6 is 11.3 Å². The first-order chi connectivity index (χ1) is 11.0. The molecule has 3 rings (SSSR count). The summed E-state index contributed by atoms with van der Waals surface area (Å²) in [6, 6.07) is 6.43. The van der Waals surface area contributed by atoms with Gasteiger partial charge in [-0.1, -0.05) is 23.5 Å². The number of aryl methyl sites for hydroxylation is 1. The average Bonchev–Trinajstić information content (AvgIpc) is 3.13. The normalized spacial score (nSPS) is 12.3. The number of fused-ring (bicyclic) bond motifs is 1. The zero-order valence-corrected chi connectivity index (χ0v) is 13.3. The van der Waals surface area contributed by atoms with Crippen LogP contribution in [-0.2, 0) is 4.79 Å².